The fraction of sp³-hybridized carbons (Fsp3) is 0.805. The summed E-state index contributed by atoms with van der Waals surface area (Å²) in [5, 5.41) is 0. The molecule has 0 saturated carbocycles. The molecule has 482 valence electrons. The van der Waals surface area contributed by atoms with Crippen LogP contribution in [0.1, 0.15) is 380 Å². The lowest BCUT2D eigenvalue weighted by atomic mass is 10.0. The summed E-state index contributed by atoms with van der Waals surface area (Å²) in [4.78, 5) is 38.4. The number of hydrogen-bond acceptors (Lipinski definition) is 6. The molecule has 0 aromatic carbocycles. The molecule has 0 bridgehead atoms. The molecule has 0 aromatic rings. The molecule has 0 aliphatic heterocycles. The van der Waals surface area contributed by atoms with Crippen molar-refractivity contribution in [2.45, 2.75) is 386 Å². The van der Waals surface area contributed by atoms with Crippen molar-refractivity contribution in [2.75, 3.05) is 13.2 Å². The second kappa shape index (κ2) is 71.3. The molecule has 0 aliphatic rings. The van der Waals surface area contributed by atoms with Crippen LogP contribution in [-0.4, -0.2) is 37.2 Å². The fourth-order valence-electron chi connectivity index (χ4n) is 10.6. The Morgan fingerprint density at radius 1 is 0.241 bits per heavy atom. The topological polar surface area (TPSA) is 78.9 Å². The van der Waals surface area contributed by atoms with E-state index < -0.39 is 6.10 Å². The van der Waals surface area contributed by atoms with Crippen LogP contribution in [0.3, 0.4) is 0 Å². The minimum Gasteiger partial charge on any atom is -0.462 e. The van der Waals surface area contributed by atoms with Crippen molar-refractivity contribution in [3.63, 3.8) is 0 Å². The van der Waals surface area contributed by atoms with Gasteiger partial charge in [-0.2, -0.15) is 0 Å². The van der Waals surface area contributed by atoms with Gasteiger partial charge in [-0.15, -0.1) is 0 Å². The second-order valence-electron chi connectivity index (χ2n) is 24.5. The van der Waals surface area contributed by atoms with E-state index in [-0.39, 0.29) is 31.1 Å². The molecule has 0 N–H and O–H groups in total. The van der Waals surface area contributed by atoms with Gasteiger partial charge in [0, 0.05) is 19.3 Å². The summed E-state index contributed by atoms with van der Waals surface area (Å²) in [6.45, 7) is 6.59. The van der Waals surface area contributed by atoms with Gasteiger partial charge in [0.15, 0.2) is 6.10 Å². The first-order chi connectivity index (χ1) is 41.0. The SMILES string of the molecule is CCCC/C=C\C/C=C\CCCCCCCC(=O)OCC(COC(=O)CCCCCCCCCCCCCCCCCCCCCCCCC/C=C\C/C=C\CCCCCCC)OC(=O)CCCCCCC/C=C\C/C=C\CCCCCC. The lowest BCUT2D eigenvalue weighted by Gasteiger charge is -2.18. The minimum atomic E-state index is -0.788. The van der Waals surface area contributed by atoms with Crippen molar-refractivity contribution in [3.05, 3.63) is 72.9 Å². The average Bonchev–Trinajstić information content (AvgIpc) is 3.49. The van der Waals surface area contributed by atoms with Crippen molar-refractivity contribution in [1.82, 2.24) is 0 Å². The number of carbonyl (C=O) groups excluding carboxylic acids is 3. The highest BCUT2D eigenvalue weighted by molar-refractivity contribution is 5.71. The van der Waals surface area contributed by atoms with Gasteiger partial charge in [-0.25, -0.2) is 0 Å². The summed E-state index contributed by atoms with van der Waals surface area (Å²) in [6.07, 6.45) is 93.8. The van der Waals surface area contributed by atoms with Gasteiger partial charge >= 0.3 is 17.9 Å². The largest absolute Gasteiger partial charge is 0.462 e. The van der Waals surface area contributed by atoms with Gasteiger partial charge in [0.25, 0.3) is 0 Å². The van der Waals surface area contributed by atoms with Gasteiger partial charge in [-0.05, 0) is 109 Å². The first-order valence-corrected chi connectivity index (χ1v) is 36.4. The molecule has 0 fully saturated rings. The maximum absolute atomic E-state index is 12.9. The zero-order valence-electron chi connectivity index (χ0n) is 55.5. The predicted octanol–water partition coefficient (Wildman–Crippen LogP) is 25.2. The third-order valence-corrected chi connectivity index (χ3v) is 16.2. The molecule has 0 rings (SSSR count). The molecule has 0 radical (unpaired) electrons. The van der Waals surface area contributed by atoms with E-state index in [1.54, 1.807) is 0 Å². The van der Waals surface area contributed by atoms with E-state index in [1.807, 2.05) is 0 Å². The number of unbranched alkanes of at least 4 members (excludes halogenated alkanes) is 44. The van der Waals surface area contributed by atoms with Crippen LogP contribution in [0, 0.1) is 0 Å². The molecular formula is C77H138O6. The van der Waals surface area contributed by atoms with Crippen molar-refractivity contribution in [3.8, 4) is 0 Å². The molecule has 1 unspecified atom stereocenters. The van der Waals surface area contributed by atoms with Gasteiger partial charge in [0.1, 0.15) is 13.2 Å². The maximum Gasteiger partial charge on any atom is 0.306 e. The summed E-state index contributed by atoms with van der Waals surface area (Å²) in [7, 11) is 0. The summed E-state index contributed by atoms with van der Waals surface area (Å²) in [5.41, 5.74) is 0. The van der Waals surface area contributed by atoms with Crippen LogP contribution in [0.25, 0.3) is 0 Å². The van der Waals surface area contributed by atoms with Gasteiger partial charge in [-0.1, -0.05) is 325 Å². The van der Waals surface area contributed by atoms with Crippen LogP contribution in [0.4, 0.5) is 0 Å². The van der Waals surface area contributed by atoms with Crippen LogP contribution in [0.2, 0.25) is 0 Å². The predicted molar refractivity (Wildman–Crippen MR) is 362 cm³/mol. The maximum atomic E-state index is 12.9. The Bertz CT molecular complexity index is 1520. The molecule has 0 aromatic heterocycles. The van der Waals surface area contributed by atoms with Crippen LogP contribution < -0.4 is 0 Å². The zero-order chi connectivity index (χ0) is 59.9. The molecule has 6 nitrogen and oxygen atoms in total. The molecule has 0 heterocycles. The summed E-state index contributed by atoms with van der Waals surface area (Å²) < 4.78 is 16.9. The molecular weight excluding hydrogens is 1020 g/mol. The molecule has 83 heavy (non-hydrogen) atoms. The second-order valence-corrected chi connectivity index (χ2v) is 24.5. The highest BCUT2D eigenvalue weighted by Crippen LogP contribution is 2.18. The zero-order valence-corrected chi connectivity index (χ0v) is 55.5. The van der Waals surface area contributed by atoms with Crippen LogP contribution >= 0.6 is 0 Å². The van der Waals surface area contributed by atoms with Crippen molar-refractivity contribution in [2.24, 2.45) is 0 Å². The molecule has 0 spiro atoms. The Labute approximate surface area is 516 Å². The Hall–Kier alpha value is -3.15. The summed E-state index contributed by atoms with van der Waals surface area (Å²) in [6, 6.07) is 0. The Balaban J connectivity index is 4.11. The van der Waals surface area contributed by atoms with E-state index in [1.165, 1.54) is 231 Å². The third kappa shape index (κ3) is 69.5. The van der Waals surface area contributed by atoms with Gasteiger partial charge in [0.2, 0.25) is 0 Å². The van der Waals surface area contributed by atoms with E-state index in [2.05, 4.69) is 93.7 Å². The van der Waals surface area contributed by atoms with Crippen molar-refractivity contribution >= 4 is 17.9 Å². The van der Waals surface area contributed by atoms with Gasteiger partial charge in [-0.3, -0.25) is 14.4 Å². The lowest BCUT2D eigenvalue weighted by molar-refractivity contribution is -0.167. The number of rotatable bonds is 67. The number of ether oxygens (including phenoxy) is 3. The standard InChI is InChI=1S/C77H138O6/c1-4-7-10-13-16-19-22-25-28-30-31-32-33-34-35-36-37-38-39-40-41-42-43-44-45-46-47-48-50-52-55-58-61-64-67-70-76(79)82-73-74(72-81-75(78)69-66-63-60-57-54-51-27-24-21-18-15-12-9-6-3)83-77(80)71-68-65-62-59-56-53-49-29-26-23-20-17-14-11-8-5-2/h15,18,20,22-25,27,29-31,49,74H,4-14,16-17,19,21,26,28,32-48,50-73H2,1-3H3/b18-15-,23-20-,25-22-,27-24-,31-30-,49-29-. The average molecular weight is 1160 g/mol. The number of allylic oxidation sites excluding steroid dienone is 12. The van der Waals surface area contributed by atoms with E-state index in [4.69, 9.17) is 14.2 Å². The smallest absolute Gasteiger partial charge is 0.306 e. The molecule has 0 aliphatic carbocycles. The Morgan fingerprint density at radius 2 is 0.446 bits per heavy atom. The van der Waals surface area contributed by atoms with E-state index in [0.717, 1.165) is 109 Å². The highest BCUT2D eigenvalue weighted by atomic mass is 16.6. The number of esters is 3. The van der Waals surface area contributed by atoms with Crippen LogP contribution in [0.5, 0.6) is 0 Å². The first kappa shape index (κ1) is 79.8. The summed E-state index contributed by atoms with van der Waals surface area (Å²) in [5.74, 6) is -0.891. The monoisotopic (exact) mass is 1160 g/mol. The van der Waals surface area contributed by atoms with E-state index in [0.29, 0.717) is 19.3 Å². The first-order valence-electron chi connectivity index (χ1n) is 36.4. The number of carbonyl (C=O) groups is 3. The van der Waals surface area contributed by atoms with Crippen molar-refractivity contribution < 1.29 is 28.6 Å². The van der Waals surface area contributed by atoms with Crippen LogP contribution in [-0.2, 0) is 28.6 Å². The van der Waals surface area contributed by atoms with Crippen molar-refractivity contribution in [1.29, 1.82) is 0 Å². The highest BCUT2D eigenvalue weighted by Gasteiger charge is 2.19. The van der Waals surface area contributed by atoms with E-state index in [9.17, 15) is 14.4 Å². The minimum absolute atomic E-state index is 0.0821. The normalized spacial score (nSPS) is 12.5. The Kier molecular flexibility index (Phi) is 68.6. The third-order valence-electron chi connectivity index (χ3n) is 16.2. The lowest BCUT2D eigenvalue weighted by Crippen LogP contribution is -2.30. The molecule has 6 heteroatoms. The molecule has 0 saturated heterocycles. The summed E-state index contributed by atoms with van der Waals surface area (Å²) >= 11 is 0. The molecule has 1 atom stereocenters. The van der Waals surface area contributed by atoms with E-state index >= 15 is 0 Å². The number of hydrogen-bond donors (Lipinski definition) is 0. The molecule has 0 amide bonds. The quantitative estimate of drug-likeness (QED) is 0.0261. The van der Waals surface area contributed by atoms with Gasteiger partial charge in [0.05, 0.1) is 0 Å². The van der Waals surface area contributed by atoms with Gasteiger partial charge < -0.3 is 14.2 Å². The Morgan fingerprint density at radius 3 is 0.711 bits per heavy atom. The van der Waals surface area contributed by atoms with Crippen LogP contribution in [0.15, 0.2) is 72.9 Å². The fourth-order valence-corrected chi connectivity index (χ4v) is 10.6.